The van der Waals surface area contributed by atoms with E-state index in [1.165, 1.54) is 4.90 Å². The summed E-state index contributed by atoms with van der Waals surface area (Å²) in [6.07, 6.45) is 0.148. The lowest BCUT2D eigenvalue weighted by Gasteiger charge is -2.16. The van der Waals surface area contributed by atoms with Crippen molar-refractivity contribution in [3.05, 3.63) is 59.1 Å². The Morgan fingerprint density at radius 2 is 1.86 bits per heavy atom. The molecule has 1 fully saturated rings. The Morgan fingerprint density at radius 3 is 2.55 bits per heavy atom. The number of carbonyl (C=O) groups is 2. The minimum atomic E-state index is -0.547. The van der Waals surface area contributed by atoms with Crippen LogP contribution < -0.4 is 10.2 Å². The zero-order chi connectivity index (χ0) is 15.7. The first-order chi connectivity index (χ1) is 10.5. The fourth-order valence-electron chi connectivity index (χ4n) is 2.53. The van der Waals surface area contributed by atoms with Gasteiger partial charge >= 0.3 is 0 Å². The van der Waals surface area contributed by atoms with Gasteiger partial charge in [-0.3, -0.25) is 9.59 Å². The molecule has 1 aliphatic heterocycles. The zero-order valence-corrected chi connectivity index (χ0v) is 12.8. The van der Waals surface area contributed by atoms with Crippen molar-refractivity contribution in [1.82, 2.24) is 0 Å². The van der Waals surface area contributed by atoms with Gasteiger partial charge in [-0.25, -0.2) is 4.90 Å². The molecule has 1 heterocycles. The third kappa shape index (κ3) is 2.83. The summed E-state index contributed by atoms with van der Waals surface area (Å²) in [4.78, 5) is 26.0. The van der Waals surface area contributed by atoms with Crippen LogP contribution in [0, 0.1) is 6.92 Å². The smallest absolute Gasteiger partial charge is 0.256 e. The second kappa shape index (κ2) is 5.81. The van der Waals surface area contributed by atoms with Crippen molar-refractivity contribution in [2.45, 2.75) is 19.4 Å². The van der Waals surface area contributed by atoms with Gasteiger partial charge in [-0.2, -0.15) is 0 Å². The van der Waals surface area contributed by atoms with E-state index in [1.807, 2.05) is 25.1 Å². The van der Waals surface area contributed by atoms with Crippen LogP contribution in [0.25, 0.3) is 0 Å². The summed E-state index contributed by atoms with van der Waals surface area (Å²) in [5, 5.41) is 3.72. The Morgan fingerprint density at radius 1 is 1.14 bits per heavy atom. The number of imide groups is 1. The van der Waals surface area contributed by atoms with E-state index < -0.39 is 6.04 Å². The van der Waals surface area contributed by atoms with Gasteiger partial charge in [0.2, 0.25) is 5.91 Å². The van der Waals surface area contributed by atoms with Crippen LogP contribution in [0.2, 0.25) is 5.02 Å². The minimum absolute atomic E-state index is 0.148. The molecule has 22 heavy (non-hydrogen) atoms. The van der Waals surface area contributed by atoms with Crippen molar-refractivity contribution >= 4 is 34.8 Å². The van der Waals surface area contributed by atoms with Gasteiger partial charge in [0.1, 0.15) is 6.04 Å². The maximum absolute atomic E-state index is 12.5. The number of hydrogen-bond donors (Lipinski definition) is 1. The number of halogens is 1. The monoisotopic (exact) mass is 314 g/mol. The van der Waals surface area contributed by atoms with Gasteiger partial charge in [0, 0.05) is 10.7 Å². The molecule has 2 amide bonds. The SMILES string of the molecule is Cc1cccc(N2C(=O)C[C@@H](Nc3ccc(Cl)cc3)C2=O)c1. The highest BCUT2D eigenvalue weighted by atomic mass is 35.5. The van der Waals surface area contributed by atoms with Crippen molar-refractivity contribution in [1.29, 1.82) is 0 Å². The van der Waals surface area contributed by atoms with Crippen LogP contribution in [0.3, 0.4) is 0 Å². The number of aryl methyl sites for hydroxylation is 1. The summed E-state index contributed by atoms with van der Waals surface area (Å²) in [6.45, 7) is 1.93. The van der Waals surface area contributed by atoms with E-state index in [1.54, 1.807) is 30.3 Å². The Kier molecular flexibility index (Phi) is 3.86. The highest BCUT2D eigenvalue weighted by Crippen LogP contribution is 2.26. The second-order valence-electron chi connectivity index (χ2n) is 5.31. The first-order valence-corrected chi connectivity index (χ1v) is 7.38. The predicted octanol–water partition coefficient (Wildman–Crippen LogP) is 3.39. The topological polar surface area (TPSA) is 49.4 Å². The molecule has 0 bridgehead atoms. The maximum atomic E-state index is 12.5. The highest BCUT2D eigenvalue weighted by Gasteiger charge is 2.39. The molecule has 0 aliphatic carbocycles. The van der Waals surface area contributed by atoms with Crippen LogP contribution in [0.4, 0.5) is 11.4 Å². The molecule has 0 spiro atoms. The van der Waals surface area contributed by atoms with E-state index in [9.17, 15) is 9.59 Å². The first kappa shape index (κ1) is 14.6. The number of carbonyl (C=O) groups excluding carboxylic acids is 2. The molecule has 0 saturated carbocycles. The summed E-state index contributed by atoms with van der Waals surface area (Å²) in [5.74, 6) is -0.424. The molecule has 1 aliphatic rings. The molecule has 1 N–H and O–H groups in total. The van der Waals surface area contributed by atoms with Crippen LogP contribution in [0.5, 0.6) is 0 Å². The third-order valence-corrected chi connectivity index (χ3v) is 3.84. The van der Waals surface area contributed by atoms with E-state index in [4.69, 9.17) is 11.6 Å². The van der Waals surface area contributed by atoms with Gasteiger partial charge in [-0.1, -0.05) is 23.7 Å². The largest absolute Gasteiger partial charge is 0.373 e. The molecule has 2 aromatic rings. The molecule has 2 aromatic carbocycles. The van der Waals surface area contributed by atoms with Crippen LogP contribution in [0.1, 0.15) is 12.0 Å². The van der Waals surface area contributed by atoms with Gasteiger partial charge < -0.3 is 5.32 Å². The maximum Gasteiger partial charge on any atom is 0.256 e. The summed E-state index contributed by atoms with van der Waals surface area (Å²) in [7, 11) is 0. The molecule has 0 unspecified atom stereocenters. The molecular formula is C17H15ClN2O2. The average molecular weight is 315 g/mol. The highest BCUT2D eigenvalue weighted by molar-refractivity contribution is 6.30. The molecule has 3 rings (SSSR count). The second-order valence-corrected chi connectivity index (χ2v) is 5.75. The first-order valence-electron chi connectivity index (χ1n) is 7.00. The van der Waals surface area contributed by atoms with Crippen LogP contribution in [0.15, 0.2) is 48.5 Å². The zero-order valence-electron chi connectivity index (χ0n) is 12.0. The van der Waals surface area contributed by atoms with Crippen molar-refractivity contribution in [2.75, 3.05) is 10.2 Å². The fourth-order valence-corrected chi connectivity index (χ4v) is 2.66. The summed E-state index contributed by atoms with van der Waals surface area (Å²) in [5.41, 5.74) is 2.39. The number of anilines is 2. The lowest BCUT2D eigenvalue weighted by Crippen LogP contribution is -2.34. The molecular weight excluding hydrogens is 300 g/mol. The van der Waals surface area contributed by atoms with E-state index in [0.29, 0.717) is 10.7 Å². The number of hydrogen-bond acceptors (Lipinski definition) is 3. The van der Waals surface area contributed by atoms with Gasteiger partial charge in [-0.15, -0.1) is 0 Å². The minimum Gasteiger partial charge on any atom is -0.373 e. The van der Waals surface area contributed by atoms with Crippen molar-refractivity contribution in [2.24, 2.45) is 0 Å². The Balaban J connectivity index is 1.81. The Labute approximate surface area is 133 Å². The predicted molar refractivity (Wildman–Crippen MR) is 87.2 cm³/mol. The van der Waals surface area contributed by atoms with Gasteiger partial charge in [0.05, 0.1) is 12.1 Å². The molecule has 1 saturated heterocycles. The van der Waals surface area contributed by atoms with Crippen molar-refractivity contribution < 1.29 is 9.59 Å². The Bertz CT molecular complexity index is 728. The summed E-state index contributed by atoms with van der Waals surface area (Å²) < 4.78 is 0. The van der Waals surface area contributed by atoms with E-state index in [-0.39, 0.29) is 18.2 Å². The third-order valence-electron chi connectivity index (χ3n) is 3.59. The van der Waals surface area contributed by atoms with E-state index in [2.05, 4.69) is 5.32 Å². The lowest BCUT2D eigenvalue weighted by atomic mass is 10.2. The van der Waals surface area contributed by atoms with Crippen LogP contribution in [-0.4, -0.2) is 17.9 Å². The quantitative estimate of drug-likeness (QED) is 0.883. The average Bonchev–Trinajstić information content (AvgIpc) is 2.76. The summed E-state index contributed by atoms with van der Waals surface area (Å²) >= 11 is 5.84. The van der Waals surface area contributed by atoms with Crippen molar-refractivity contribution in [3.63, 3.8) is 0 Å². The van der Waals surface area contributed by atoms with Gasteiger partial charge in [0.25, 0.3) is 5.91 Å². The lowest BCUT2D eigenvalue weighted by molar-refractivity contribution is -0.121. The van der Waals surface area contributed by atoms with Crippen LogP contribution in [-0.2, 0) is 9.59 Å². The van der Waals surface area contributed by atoms with E-state index in [0.717, 1.165) is 11.3 Å². The normalized spacial score (nSPS) is 17.9. The molecule has 112 valence electrons. The Hall–Kier alpha value is -2.33. The van der Waals surface area contributed by atoms with Crippen LogP contribution >= 0.6 is 11.6 Å². The molecule has 5 heteroatoms. The van der Waals surface area contributed by atoms with E-state index >= 15 is 0 Å². The number of amides is 2. The number of nitrogens with zero attached hydrogens (tertiary/aromatic N) is 1. The number of nitrogens with one attached hydrogen (secondary N) is 1. The fraction of sp³-hybridized carbons (Fsp3) is 0.176. The summed E-state index contributed by atoms with van der Waals surface area (Å²) in [6, 6.07) is 13.9. The molecule has 1 atom stereocenters. The standard InChI is InChI=1S/C17H15ClN2O2/c1-11-3-2-4-14(9-11)20-16(21)10-15(17(20)22)19-13-7-5-12(18)6-8-13/h2-9,15,19H,10H2,1H3/t15-/m1/s1. The number of benzene rings is 2. The molecule has 0 aromatic heterocycles. The molecule has 0 radical (unpaired) electrons. The van der Waals surface area contributed by atoms with Crippen molar-refractivity contribution in [3.8, 4) is 0 Å². The van der Waals surface area contributed by atoms with Gasteiger partial charge in [-0.05, 0) is 48.9 Å². The van der Waals surface area contributed by atoms with Gasteiger partial charge in [0.15, 0.2) is 0 Å². The number of rotatable bonds is 3. The molecule has 4 nitrogen and oxygen atoms in total.